The number of ether oxygens (including phenoxy) is 2. The summed E-state index contributed by atoms with van der Waals surface area (Å²) < 4.78 is 12.8. The van der Waals surface area contributed by atoms with Gasteiger partial charge in [-0.2, -0.15) is 0 Å². The molecule has 4 rings (SSSR count). The van der Waals surface area contributed by atoms with Gasteiger partial charge in [0.25, 0.3) is 5.56 Å². The zero-order chi connectivity index (χ0) is 28.8. The molecule has 0 amide bonds. The summed E-state index contributed by atoms with van der Waals surface area (Å²) in [5.41, 5.74) is 5.79. The summed E-state index contributed by atoms with van der Waals surface area (Å²) in [4.78, 5) is 30.3. The smallest absolute Gasteiger partial charge is 0.325 e. The lowest BCUT2D eigenvalue weighted by Crippen LogP contribution is -2.45. The van der Waals surface area contributed by atoms with Crippen LogP contribution in [0.25, 0.3) is 0 Å². The van der Waals surface area contributed by atoms with Crippen molar-refractivity contribution >= 4 is 17.4 Å². The molecule has 3 heterocycles. The molecule has 2 N–H and O–H groups in total. The number of hydrogen-bond acceptors (Lipinski definition) is 7. The van der Waals surface area contributed by atoms with Crippen LogP contribution in [0, 0.1) is 24.7 Å². The summed E-state index contributed by atoms with van der Waals surface area (Å²) in [5.74, 6) is 0.540. The van der Waals surface area contributed by atoms with Gasteiger partial charge in [-0.15, -0.1) is 0 Å². The van der Waals surface area contributed by atoms with Gasteiger partial charge in [0.2, 0.25) is 0 Å². The number of aliphatic hydroxyl groups excluding tert-OH is 1. The molecule has 1 saturated heterocycles. The molecule has 2 aromatic rings. The monoisotopic (exact) mass is 551 g/mol. The number of nitrogens with zero attached hydrogens (tertiary/aromatic N) is 2. The van der Waals surface area contributed by atoms with Gasteiger partial charge in [0, 0.05) is 50.0 Å². The summed E-state index contributed by atoms with van der Waals surface area (Å²) in [6.45, 7) is 9.76. The zero-order valence-electron chi connectivity index (χ0n) is 24.6. The van der Waals surface area contributed by atoms with Crippen LogP contribution in [0.2, 0.25) is 0 Å². The number of fused-ring (bicyclic) bond motifs is 1. The summed E-state index contributed by atoms with van der Waals surface area (Å²) in [6, 6.07) is 7.41. The third kappa shape index (κ3) is 7.68. The lowest BCUT2D eigenvalue weighted by atomic mass is 9.83. The van der Waals surface area contributed by atoms with Crippen LogP contribution >= 0.6 is 0 Å². The Bertz CT molecular complexity index is 1230. The highest BCUT2D eigenvalue weighted by Crippen LogP contribution is 2.35. The molecule has 2 unspecified atom stereocenters. The van der Waals surface area contributed by atoms with Gasteiger partial charge < -0.3 is 19.1 Å². The Morgan fingerprint density at radius 3 is 2.73 bits per heavy atom. The highest BCUT2D eigenvalue weighted by atomic mass is 16.5. The van der Waals surface area contributed by atoms with Gasteiger partial charge in [0.05, 0.1) is 24.1 Å². The van der Waals surface area contributed by atoms with Gasteiger partial charge in [-0.3, -0.25) is 19.9 Å². The van der Waals surface area contributed by atoms with E-state index in [2.05, 4.69) is 23.5 Å². The van der Waals surface area contributed by atoms with Crippen LogP contribution in [-0.4, -0.2) is 53.3 Å². The summed E-state index contributed by atoms with van der Waals surface area (Å²) in [7, 11) is 1.79. The van der Waals surface area contributed by atoms with Crippen molar-refractivity contribution in [1.29, 1.82) is 0 Å². The van der Waals surface area contributed by atoms with E-state index in [0.29, 0.717) is 24.6 Å². The van der Waals surface area contributed by atoms with Crippen LogP contribution in [0.4, 0.5) is 5.69 Å². The van der Waals surface area contributed by atoms with E-state index in [0.717, 1.165) is 61.4 Å². The number of aliphatic imine (C=N–C) groups is 1. The van der Waals surface area contributed by atoms with Gasteiger partial charge in [0.1, 0.15) is 6.04 Å². The van der Waals surface area contributed by atoms with Crippen molar-refractivity contribution in [3.05, 3.63) is 63.1 Å². The largest absolute Gasteiger partial charge is 0.464 e. The van der Waals surface area contributed by atoms with Gasteiger partial charge >= 0.3 is 5.97 Å². The Balaban J connectivity index is 1.62. The first kappa shape index (κ1) is 30.2. The van der Waals surface area contributed by atoms with Crippen molar-refractivity contribution in [3.8, 4) is 0 Å². The maximum Gasteiger partial charge on any atom is 0.325 e. The number of carbonyl (C=O) groups is 1. The molecule has 8 nitrogen and oxygen atoms in total. The first-order chi connectivity index (χ1) is 19.1. The predicted octanol–water partition coefficient (Wildman–Crippen LogP) is 4.23. The van der Waals surface area contributed by atoms with E-state index < -0.39 is 18.1 Å². The Morgan fingerprint density at radius 2 is 2.05 bits per heavy atom. The minimum atomic E-state index is -0.886. The first-order valence-electron chi connectivity index (χ1n) is 14.7. The molecule has 0 spiro atoms. The molecule has 1 aromatic carbocycles. The Hall–Kier alpha value is -2.81. The second-order valence-corrected chi connectivity index (χ2v) is 12.0. The predicted molar refractivity (Wildman–Crippen MR) is 157 cm³/mol. The van der Waals surface area contributed by atoms with Crippen molar-refractivity contribution in [1.82, 2.24) is 9.88 Å². The van der Waals surface area contributed by atoms with Gasteiger partial charge in [-0.25, -0.2) is 0 Å². The zero-order valence-corrected chi connectivity index (χ0v) is 24.6. The van der Waals surface area contributed by atoms with Crippen LogP contribution < -0.4 is 10.9 Å². The van der Waals surface area contributed by atoms with Crippen molar-refractivity contribution in [2.45, 2.75) is 78.5 Å². The third-order valence-electron chi connectivity index (χ3n) is 7.89. The van der Waals surface area contributed by atoms with Gasteiger partial charge in [-0.05, 0) is 81.0 Å². The number of pyridine rings is 1. The van der Waals surface area contributed by atoms with E-state index in [9.17, 15) is 14.7 Å². The van der Waals surface area contributed by atoms with Gasteiger partial charge in [-0.1, -0.05) is 26.0 Å². The Morgan fingerprint density at radius 1 is 1.25 bits per heavy atom. The fraction of sp³-hybridized carbons (Fsp3) is 0.594. The standard InChI is InChI=1S/C32H45N3O5/c1-20(2)18-40-32(38)29(22(4)36)33-16-23-8-9-25-10-11-26(14-24-7-6-12-39-19-24)30(34-28(25)15-23)27-13-21(3)31(37)35(5)17-27/h8-9,13,15,17,20,22,24,26,29,33,36H,6-7,10-12,14,16,18-19H2,1-5H3/t22-,24?,26?,29+/m1/s1. The Kier molecular flexibility index (Phi) is 10.3. The number of carbonyl (C=O) groups excluding carboxylic acids is 1. The third-order valence-corrected chi connectivity index (χ3v) is 7.89. The highest BCUT2D eigenvalue weighted by Gasteiger charge is 2.28. The fourth-order valence-corrected chi connectivity index (χ4v) is 5.68. The fourth-order valence-electron chi connectivity index (χ4n) is 5.68. The molecule has 0 saturated carbocycles. The average molecular weight is 552 g/mol. The number of nitrogens with one attached hydrogen (secondary N) is 1. The lowest BCUT2D eigenvalue weighted by molar-refractivity contribution is -0.150. The molecular formula is C32H45N3O5. The highest BCUT2D eigenvalue weighted by molar-refractivity contribution is 6.04. The number of aryl methyl sites for hydroxylation is 3. The van der Waals surface area contributed by atoms with Crippen molar-refractivity contribution < 1.29 is 19.4 Å². The molecular weight excluding hydrogens is 506 g/mol. The molecule has 1 aromatic heterocycles. The minimum absolute atomic E-state index is 0.00329. The second kappa shape index (κ2) is 13.7. The summed E-state index contributed by atoms with van der Waals surface area (Å²) >= 11 is 0. The van der Waals surface area contributed by atoms with E-state index in [1.54, 1.807) is 18.5 Å². The topological polar surface area (TPSA) is 102 Å². The molecule has 40 heavy (non-hydrogen) atoms. The van der Waals surface area contributed by atoms with Crippen LogP contribution in [0.5, 0.6) is 0 Å². The number of esters is 1. The maximum absolute atomic E-state index is 12.6. The summed E-state index contributed by atoms with van der Waals surface area (Å²) in [5, 5.41) is 13.4. The van der Waals surface area contributed by atoms with E-state index in [1.807, 2.05) is 33.0 Å². The van der Waals surface area contributed by atoms with Crippen LogP contribution in [0.15, 0.2) is 40.2 Å². The number of aliphatic hydroxyl groups is 1. The number of aromatic nitrogens is 1. The SMILES string of the molecule is Cc1cc(C2=Nc3cc(CN[C@H](C(=O)OCC(C)C)[C@@H](C)O)ccc3CCC2CC2CCCOC2)cn(C)c1=O. The maximum atomic E-state index is 12.6. The minimum Gasteiger partial charge on any atom is -0.464 e. The first-order valence-corrected chi connectivity index (χ1v) is 14.7. The Labute approximate surface area is 237 Å². The van der Waals surface area contributed by atoms with Crippen LogP contribution in [0.3, 0.4) is 0 Å². The van der Waals surface area contributed by atoms with E-state index in [-0.39, 0.29) is 17.4 Å². The molecule has 0 bridgehead atoms. The molecule has 1 fully saturated rings. The number of benzene rings is 1. The average Bonchev–Trinajstić information content (AvgIpc) is 3.10. The molecule has 4 atom stereocenters. The van der Waals surface area contributed by atoms with Crippen molar-refractivity contribution in [2.24, 2.45) is 29.8 Å². The second-order valence-electron chi connectivity index (χ2n) is 12.0. The normalized spacial score (nSPS) is 20.8. The number of rotatable bonds is 10. The van der Waals surface area contributed by atoms with E-state index in [4.69, 9.17) is 14.5 Å². The van der Waals surface area contributed by atoms with E-state index in [1.165, 1.54) is 12.0 Å². The van der Waals surface area contributed by atoms with E-state index >= 15 is 0 Å². The van der Waals surface area contributed by atoms with Crippen LogP contribution in [-0.2, 0) is 34.3 Å². The molecule has 0 radical (unpaired) electrons. The van der Waals surface area contributed by atoms with Crippen molar-refractivity contribution in [2.75, 3.05) is 19.8 Å². The number of hydrogen-bond donors (Lipinski definition) is 2. The quantitative estimate of drug-likeness (QED) is 0.429. The van der Waals surface area contributed by atoms with Gasteiger partial charge in [0.15, 0.2) is 0 Å². The van der Waals surface area contributed by atoms with Crippen molar-refractivity contribution in [3.63, 3.8) is 0 Å². The summed E-state index contributed by atoms with van der Waals surface area (Å²) in [6.07, 6.45) is 6.19. The molecule has 8 heteroatoms. The van der Waals surface area contributed by atoms with Crippen LogP contribution in [0.1, 0.15) is 68.7 Å². The molecule has 2 aliphatic heterocycles. The molecule has 218 valence electrons. The lowest BCUT2D eigenvalue weighted by Gasteiger charge is -2.27. The molecule has 2 aliphatic rings. The molecule has 0 aliphatic carbocycles.